The van der Waals surface area contributed by atoms with Gasteiger partial charge in [0.2, 0.25) is 0 Å². The van der Waals surface area contributed by atoms with Gasteiger partial charge in [-0.05, 0) is 26.0 Å². The molecule has 0 atom stereocenters. The fraction of sp³-hybridized carbons (Fsp3) is 0.269. The minimum absolute atomic E-state index is 0. The number of hydrogen-bond donors (Lipinski definition) is 0. The Morgan fingerprint density at radius 1 is 0.719 bits per heavy atom. The molecule has 0 N–H and O–H groups in total. The molecule has 0 fully saturated rings. The van der Waals surface area contributed by atoms with E-state index in [4.69, 9.17) is 0 Å². The molecule has 32 heavy (non-hydrogen) atoms. The number of fused-ring (bicyclic) bond motifs is 2. The van der Waals surface area contributed by atoms with Crippen LogP contribution in [0.2, 0.25) is 0 Å². The van der Waals surface area contributed by atoms with Gasteiger partial charge in [0.15, 0.2) is 0 Å². The predicted molar refractivity (Wildman–Crippen MR) is 130 cm³/mol. The molecule has 1 radical (unpaired) electrons. The van der Waals surface area contributed by atoms with Gasteiger partial charge in [-0.1, -0.05) is 50.2 Å². The molecule has 0 saturated carbocycles. The normalized spacial score (nSPS) is 10.8. The summed E-state index contributed by atoms with van der Waals surface area (Å²) in [6, 6.07) is 16.6. The first-order chi connectivity index (χ1) is 14.9. The van der Waals surface area contributed by atoms with Crippen molar-refractivity contribution in [2.24, 2.45) is 21.1 Å². The maximum atomic E-state index is 13.4. The van der Waals surface area contributed by atoms with Crippen molar-refractivity contribution in [1.29, 1.82) is 0 Å². The van der Waals surface area contributed by atoms with Crippen LogP contribution in [0.15, 0.2) is 59.5 Å². The van der Waals surface area contributed by atoms with Crippen LogP contribution in [0, 0.1) is 13.8 Å². The van der Waals surface area contributed by atoms with Gasteiger partial charge in [0.25, 0.3) is 0 Å². The molecular formula is C26H30N4OV. The summed E-state index contributed by atoms with van der Waals surface area (Å²) in [5.74, 6) is 0. The van der Waals surface area contributed by atoms with Gasteiger partial charge in [-0.3, -0.25) is 9.13 Å². The van der Waals surface area contributed by atoms with Gasteiger partial charge in [0, 0.05) is 84.7 Å². The van der Waals surface area contributed by atoms with Crippen molar-refractivity contribution in [2.75, 3.05) is 0 Å². The minimum atomic E-state index is -0.0267. The van der Waals surface area contributed by atoms with Crippen LogP contribution in [0.3, 0.4) is 0 Å². The molecule has 6 heteroatoms. The van der Waals surface area contributed by atoms with Gasteiger partial charge in [-0.2, -0.15) is 0 Å². The van der Waals surface area contributed by atoms with Crippen molar-refractivity contribution in [3.05, 3.63) is 76.6 Å². The molecule has 0 unspecified atom stereocenters. The Morgan fingerprint density at radius 3 is 1.94 bits per heavy atom. The van der Waals surface area contributed by atoms with E-state index in [0.717, 1.165) is 44.6 Å². The van der Waals surface area contributed by atoms with Gasteiger partial charge in [0.05, 0.1) is 11.4 Å². The zero-order valence-electron chi connectivity index (χ0n) is 19.8. The summed E-state index contributed by atoms with van der Waals surface area (Å²) in [6.45, 7) is 8.15. The second kappa shape index (κ2) is 8.93. The number of imidazole rings is 1. The average Bonchev–Trinajstić information content (AvgIpc) is 3.34. The Kier molecular flexibility index (Phi) is 6.63. The third-order valence-corrected chi connectivity index (χ3v) is 6.30. The molecule has 3 heterocycles. The van der Waals surface area contributed by atoms with E-state index in [-0.39, 0.29) is 24.2 Å². The Labute approximate surface area is 200 Å². The quantitative estimate of drug-likeness (QED) is 0.341. The van der Waals surface area contributed by atoms with E-state index in [1.54, 1.807) is 4.57 Å². The van der Waals surface area contributed by atoms with Gasteiger partial charge in [-0.15, -0.1) is 0 Å². The fourth-order valence-corrected chi connectivity index (χ4v) is 4.54. The van der Waals surface area contributed by atoms with Crippen LogP contribution in [0.4, 0.5) is 0 Å². The number of benzene rings is 2. The summed E-state index contributed by atoms with van der Waals surface area (Å²) in [5, 5.41) is 2.23. The van der Waals surface area contributed by atoms with Gasteiger partial charge < -0.3 is 9.13 Å². The van der Waals surface area contributed by atoms with Crippen molar-refractivity contribution in [1.82, 2.24) is 18.3 Å². The predicted octanol–water partition coefficient (Wildman–Crippen LogP) is 5.47. The van der Waals surface area contributed by atoms with E-state index in [9.17, 15) is 4.79 Å². The third kappa shape index (κ3) is 3.28. The zero-order chi connectivity index (χ0) is 22.4. The van der Waals surface area contributed by atoms with Gasteiger partial charge in [-0.25, -0.2) is 4.79 Å². The largest absolute Gasteiger partial charge is 0.348 e. The van der Waals surface area contributed by atoms with Gasteiger partial charge in [0.1, 0.15) is 0 Å². The van der Waals surface area contributed by atoms with E-state index in [0.29, 0.717) is 0 Å². The summed E-state index contributed by atoms with van der Waals surface area (Å²) >= 11 is 0. The molecule has 5 rings (SSSR count). The molecule has 0 aliphatic heterocycles. The van der Waals surface area contributed by atoms with E-state index >= 15 is 0 Å². The summed E-state index contributed by atoms with van der Waals surface area (Å²) in [4.78, 5) is 13.4. The Bertz CT molecular complexity index is 1480. The molecule has 3 aromatic heterocycles. The monoisotopic (exact) mass is 465 g/mol. The maximum absolute atomic E-state index is 13.4. The zero-order valence-corrected chi connectivity index (χ0v) is 21.2. The van der Waals surface area contributed by atoms with Crippen LogP contribution in [-0.4, -0.2) is 18.3 Å². The first-order valence-corrected chi connectivity index (χ1v) is 10.8. The van der Waals surface area contributed by atoms with Crippen LogP contribution < -0.4 is 5.69 Å². The van der Waals surface area contributed by atoms with Crippen LogP contribution in [0.1, 0.15) is 25.2 Å². The molecule has 2 aromatic carbocycles. The second-order valence-electron chi connectivity index (χ2n) is 7.79. The topological polar surface area (TPSA) is 36.8 Å². The number of rotatable bonds is 2. The SMILES string of the molecule is CC.Cc1c(-c2c(C)n(C)c3ccccc23)n(-c2cn(C)c3ccccc23)c(=O)n1C.[V]. The Hall–Kier alpha value is -2.89. The number of aryl methyl sites for hydroxylation is 2. The first kappa shape index (κ1) is 23.8. The standard InChI is InChI=1S/C24H24N4O.C2H6.V/c1-15-22(18-11-7-9-13-20(18)26(15)4)23-16(2)27(5)24(29)28(23)21-14-25(3)19-12-8-6-10-17(19)21;1-2;/h6-14H,1-5H3;1-2H3;. The number of para-hydroxylation sites is 2. The van der Waals surface area contributed by atoms with Crippen LogP contribution >= 0.6 is 0 Å². The molecule has 0 aliphatic rings. The molecule has 165 valence electrons. The summed E-state index contributed by atoms with van der Waals surface area (Å²) < 4.78 is 7.92. The van der Waals surface area contributed by atoms with Crippen molar-refractivity contribution >= 4 is 21.8 Å². The van der Waals surface area contributed by atoms with E-state index < -0.39 is 0 Å². The summed E-state index contributed by atoms with van der Waals surface area (Å²) in [5.41, 5.74) is 7.35. The second-order valence-corrected chi connectivity index (χ2v) is 7.79. The minimum Gasteiger partial charge on any atom is -0.348 e. The van der Waals surface area contributed by atoms with Gasteiger partial charge >= 0.3 is 5.69 Å². The van der Waals surface area contributed by atoms with Crippen LogP contribution in [-0.2, 0) is 39.7 Å². The van der Waals surface area contributed by atoms with Crippen molar-refractivity contribution in [3.8, 4) is 16.9 Å². The Balaban J connectivity index is 0.000000938. The van der Waals surface area contributed by atoms with Crippen molar-refractivity contribution in [2.45, 2.75) is 27.7 Å². The summed E-state index contributed by atoms with van der Waals surface area (Å²) in [7, 11) is 5.96. The Morgan fingerprint density at radius 2 is 1.28 bits per heavy atom. The smallest absolute Gasteiger partial charge is 0.333 e. The van der Waals surface area contributed by atoms with Crippen LogP contribution in [0.5, 0.6) is 0 Å². The molecule has 0 saturated heterocycles. The molecular weight excluding hydrogens is 435 g/mol. The van der Waals surface area contributed by atoms with E-state index in [1.165, 1.54) is 5.52 Å². The fourth-order valence-electron chi connectivity index (χ4n) is 4.54. The summed E-state index contributed by atoms with van der Waals surface area (Å²) in [6.07, 6.45) is 2.05. The van der Waals surface area contributed by atoms with Crippen molar-refractivity contribution < 1.29 is 18.6 Å². The molecule has 5 nitrogen and oxygen atoms in total. The molecule has 0 amide bonds. The molecule has 0 bridgehead atoms. The van der Waals surface area contributed by atoms with Crippen LogP contribution in [0.25, 0.3) is 38.8 Å². The maximum Gasteiger partial charge on any atom is 0.333 e. The third-order valence-electron chi connectivity index (χ3n) is 6.30. The number of hydrogen-bond acceptors (Lipinski definition) is 1. The van der Waals surface area contributed by atoms with E-state index in [1.807, 2.05) is 51.6 Å². The molecule has 5 aromatic rings. The molecule has 0 aliphatic carbocycles. The van der Waals surface area contributed by atoms with E-state index in [2.05, 4.69) is 65.7 Å². The average molecular weight is 465 g/mol. The van der Waals surface area contributed by atoms with Crippen molar-refractivity contribution in [3.63, 3.8) is 0 Å². The number of aromatic nitrogens is 4. The first-order valence-electron chi connectivity index (χ1n) is 10.8. The number of nitrogens with zero attached hydrogens (tertiary/aromatic N) is 4. The molecule has 0 spiro atoms.